The highest BCUT2D eigenvalue weighted by molar-refractivity contribution is 7.10. The SMILES string of the molecule is CCNC(=NCC(C)c1cccs1)NC1CC(C)N(C2CC2)C1. The van der Waals surface area contributed by atoms with Crippen molar-refractivity contribution in [3.63, 3.8) is 0 Å². The monoisotopic (exact) mass is 334 g/mol. The summed E-state index contributed by atoms with van der Waals surface area (Å²) >= 11 is 1.82. The summed E-state index contributed by atoms with van der Waals surface area (Å²) in [5.41, 5.74) is 0. The van der Waals surface area contributed by atoms with Gasteiger partial charge < -0.3 is 10.6 Å². The molecule has 3 unspecified atom stereocenters. The van der Waals surface area contributed by atoms with Gasteiger partial charge in [0.05, 0.1) is 6.54 Å². The molecule has 1 saturated carbocycles. The molecule has 0 amide bonds. The summed E-state index contributed by atoms with van der Waals surface area (Å²) in [7, 11) is 0. The molecule has 128 valence electrons. The van der Waals surface area contributed by atoms with Gasteiger partial charge in [-0.2, -0.15) is 0 Å². The van der Waals surface area contributed by atoms with E-state index in [2.05, 4.69) is 53.8 Å². The van der Waals surface area contributed by atoms with Crippen molar-refractivity contribution in [2.75, 3.05) is 19.6 Å². The van der Waals surface area contributed by atoms with Crippen molar-refractivity contribution in [1.82, 2.24) is 15.5 Å². The Bertz CT molecular complexity index is 509. The number of guanidine groups is 1. The van der Waals surface area contributed by atoms with E-state index in [1.807, 2.05) is 11.3 Å². The molecule has 2 aliphatic rings. The number of rotatable bonds is 6. The number of likely N-dealkylation sites (tertiary alicyclic amines) is 1. The maximum Gasteiger partial charge on any atom is 0.191 e. The zero-order valence-corrected chi connectivity index (χ0v) is 15.4. The summed E-state index contributed by atoms with van der Waals surface area (Å²) in [6.07, 6.45) is 4.01. The molecule has 0 spiro atoms. The Morgan fingerprint density at radius 3 is 2.96 bits per heavy atom. The third-order valence-electron chi connectivity index (χ3n) is 4.88. The van der Waals surface area contributed by atoms with Crippen LogP contribution in [0.15, 0.2) is 22.5 Å². The van der Waals surface area contributed by atoms with Crippen LogP contribution in [-0.4, -0.2) is 48.6 Å². The lowest BCUT2D eigenvalue weighted by molar-refractivity contribution is 0.256. The van der Waals surface area contributed by atoms with Crippen LogP contribution in [0.2, 0.25) is 0 Å². The van der Waals surface area contributed by atoms with E-state index in [9.17, 15) is 0 Å². The number of aliphatic imine (C=N–C) groups is 1. The van der Waals surface area contributed by atoms with Gasteiger partial charge in [-0.15, -0.1) is 11.3 Å². The molecule has 2 fully saturated rings. The van der Waals surface area contributed by atoms with E-state index in [-0.39, 0.29) is 0 Å². The highest BCUT2D eigenvalue weighted by Crippen LogP contribution is 2.33. The summed E-state index contributed by atoms with van der Waals surface area (Å²) in [6, 6.07) is 6.41. The molecule has 2 N–H and O–H groups in total. The molecule has 0 bridgehead atoms. The van der Waals surface area contributed by atoms with Crippen molar-refractivity contribution in [2.24, 2.45) is 4.99 Å². The predicted octanol–water partition coefficient (Wildman–Crippen LogP) is 3.03. The Labute approximate surface area is 144 Å². The smallest absolute Gasteiger partial charge is 0.191 e. The van der Waals surface area contributed by atoms with Crippen LogP contribution in [0.5, 0.6) is 0 Å². The van der Waals surface area contributed by atoms with Crippen molar-refractivity contribution in [1.29, 1.82) is 0 Å². The van der Waals surface area contributed by atoms with Crippen LogP contribution < -0.4 is 10.6 Å². The minimum absolute atomic E-state index is 0.482. The topological polar surface area (TPSA) is 39.7 Å². The average molecular weight is 335 g/mol. The summed E-state index contributed by atoms with van der Waals surface area (Å²) in [5.74, 6) is 1.46. The third kappa shape index (κ3) is 4.48. The molecule has 2 heterocycles. The molecule has 4 nitrogen and oxygen atoms in total. The first-order chi connectivity index (χ1) is 11.2. The predicted molar refractivity (Wildman–Crippen MR) is 99.4 cm³/mol. The molecule has 23 heavy (non-hydrogen) atoms. The Kier molecular flexibility index (Phi) is 5.59. The molecule has 3 rings (SSSR count). The second kappa shape index (κ2) is 7.67. The Balaban J connectivity index is 1.54. The first kappa shape index (κ1) is 16.8. The molecule has 0 aromatic carbocycles. The number of nitrogens with one attached hydrogen (secondary N) is 2. The van der Waals surface area contributed by atoms with E-state index in [0.29, 0.717) is 18.0 Å². The van der Waals surface area contributed by atoms with Gasteiger partial charge >= 0.3 is 0 Å². The lowest BCUT2D eigenvalue weighted by Crippen LogP contribution is -2.45. The van der Waals surface area contributed by atoms with Gasteiger partial charge in [-0.1, -0.05) is 13.0 Å². The van der Waals surface area contributed by atoms with E-state index in [0.717, 1.165) is 31.6 Å². The van der Waals surface area contributed by atoms with Gasteiger partial charge in [0.15, 0.2) is 5.96 Å². The maximum absolute atomic E-state index is 4.83. The van der Waals surface area contributed by atoms with Crippen molar-refractivity contribution in [3.05, 3.63) is 22.4 Å². The molecule has 1 aliphatic heterocycles. The fourth-order valence-electron chi connectivity index (χ4n) is 3.48. The highest BCUT2D eigenvalue weighted by Gasteiger charge is 2.38. The van der Waals surface area contributed by atoms with E-state index >= 15 is 0 Å². The summed E-state index contributed by atoms with van der Waals surface area (Å²) < 4.78 is 0. The van der Waals surface area contributed by atoms with Gasteiger partial charge in [-0.25, -0.2) is 0 Å². The van der Waals surface area contributed by atoms with Crippen LogP contribution >= 0.6 is 11.3 Å². The lowest BCUT2D eigenvalue weighted by Gasteiger charge is -2.20. The number of hydrogen-bond donors (Lipinski definition) is 2. The fraction of sp³-hybridized carbons (Fsp3) is 0.722. The Morgan fingerprint density at radius 1 is 1.48 bits per heavy atom. The van der Waals surface area contributed by atoms with E-state index in [1.54, 1.807) is 0 Å². The van der Waals surface area contributed by atoms with Crippen LogP contribution in [-0.2, 0) is 0 Å². The van der Waals surface area contributed by atoms with Crippen LogP contribution in [0, 0.1) is 0 Å². The normalized spacial score (nSPS) is 27.2. The molecule has 1 aromatic rings. The largest absolute Gasteiger partial charge is 0.357 e. The van der Waals surface area contributed by atoms with Gasteiger partial charge in [0, 0.05) is 42.0 Å². The molecular weight excluding hydrogens is 304 g/mol. The second-order valence-electron chi connectivity index (χ2n) is 6.99. The van der Waals surface area contributed by atoms with Gasteiger partial charge in [0.1, 0.15) is 0 Å². The van der Waals surface area contributed by atoms with Crippen LogP contribution in [0.3, 0.4) is 0 Å². The molecule has 1 saturated heterocycles. The minimum atomic E-state index is 0.482. The zero-order chi connectivity index (χ0) is 16.2. The van der Waals surface area contributed by atoms with Gasteiger partial charge in [-0.3, -0.25) is 9.89 Å². The third-order valence-corrected chi connectivity index (χ3v) is 5.98. The average Bonchev–Trinajstić information content (AvgIpc) is 3.08. The van der Waals surface area contributed by atoms with Crippen LogP contribution in [0.4, 0.5) is 0 Å². The van der Waals surface area contributed by atoms with Crippen molar-refractivity contribution >= 4 is 17.3 Å². The van der Waals surface area contributed by atoms with Gasteiger partial charge in [0.25, 0.3) is 0 Å². The Hall–Kier alpha value is -1.07. The number of nitrogens with zero attached hydrogens (tertiary/aromatic N) is 2. The van der Waals surface area contributed by atoms with Crippen LogP contribution in [0.25, 0.3) is 0 Å². The number of thiophene rings is 1. The number of hydrogen-bond acceptors (Lipinski definition) is 3. The van der Waals surface area contributed by atoms with E-state index in [1.165, 1.54) is 24.1 Å². The highest BCUT2D eigenvalue weighted by atomic mass is 32.1. The molecule has 0 radical (unpaired) electrons. The van der Waals surface area contributed by atoms with E-state index < -0.39 is 0 Å². The minimum Gasteiger partial charge on any atom is -0.357 e. The molecule has 1 aromatic heterocycles. The molecule has 5 heteroatoms. The molecule has 1 aliphatic carbocycles. The van der Waals surface area contributed by atoms with Gasteiger partial charge in [0.2, 0.25) is 0 Å². The summed E-state index contributed by atoms with van der Waals surface area (Å²) in [4.78, 5) is 8.92. The quantitative estimate of drug-likeness (QED) is 0.620. The Morgan fingerprint density at radius 2 is 2.30 bits per heavy atom. The van der Waals surface area contributed by atoms with Crippen molar-refractivity contribution < 1.29 is 0 Å². The van der Waals surface area contributed by atoms with Crippen LogP contribution in [0.1, 0.15) is 50.8 Å². The zero-order valence-electron chi connectivity index (χ0n) is 14.6. The molecular formula is C18H30N4S. The fourth-order valence-corrected chi connectivity index (χ4v) is 4.26. The summed E-state index contributed by atoms with van der Waals surface area (Å²) in [5, 5.41) is 9.21. The first-order valence-corrected chi connectivity index (χ1v) is 9.89. The van der Waals surface area contributed by atoms with Gasteiger partial charge in [-0.05, 0) is 44.6 Å². The lowest BCUT2D eigenvalue weighted by atomic mass is 10.1. The van der Waals surface area contributed by atoms with Crippen molar-refractivity contribution in [2.45, 2.75) is 64.1 Å². The first-order valence-electron chi connectivity index (χ1n) is 9.01. The maximum atomic E-state index is 4.83. The standard InChI is InChI=1S/C18H30N4S/c1-4-19-18(20-11-13(2)17-6-5-9-23-17)21-15-10-14(3)22(12-15)16-7-8-16/h5-6,9,13-16H,4,7-8,10-12H2,1-3H3,(H2,19,20,21). The second-order valence-corrected chi connectivity index (χ2v) is 7.97. The van der Waals surface area contributed by atoms with E-state index in [4.69, 9.17) is 4.99 Å². The summed E-state index contributed by atoms with van der Waals surface area (Å²) in [6.45, 7) is 9.66. The van der Waals surface area contributed by atoms with Crippen molar-refractivity contribution in [3.8, 4) is 0 Å². The molecule has 3 atom stereocenters.